The Hall–Kier alpha value is -2.47. The van der Waals surface area contributed by atoms with Crippen molar-refractivity contribution in [1.29, 1.82) is 0 Å². The van der Waals surface area contributed by atoms with Gasteiger partial charge >= 0.3 is 0 Å². The minimum atomic E-state index is -0.796. The zero-order valence-corrected chi connectivity index (χ0v) is 16.9. The van der Waals surface area contributed by atoms with E-state index in [1.807, 2.05) is 13.8 Å². The number of Topliss-reactive ketones (excluding diaryl/α,β-unsaturated/α-hetero) is 1. The Labute approximate surface area is 174 Å². The number of carbonyl (C=O) groups is 2. The molecule has 1 fully saturated rings. The predicted molar refractivity (Wildman–Crippen MR) is 109 cm³/mol. The molecule has 1 saturated heterocycles. The highest BCUT2D eigenvalue weighted by atomic mass is 35.5. The maximum absolute atomic E-state index is 13.0. The zero-order chi connectivity index (χ0) is 20.6. The monoisotopic (exact) mass is 412 g/mol. The van der Waals surface area contributed by atoms with Crippen LogP contribution in [0.5, 0.6) is 5.75 Å². The van der Waals surface area contributed by atoms with Crippen molar-refractivity contribution in [2.24, 2.45) is 5.41 Å². The summed E-state index contributed by atoms with van der Waals surface area (Å²) >= 11 is 5.88. The molecule has 0 amide bonds. The molecular formula is C23H21ClO5. The van der Waals surface area contributed by atoms with Gasteiger partial charge < -0.3 is 14.2 Å². The van der Waals surface area contributed by atoms with E-state index in [2.05, 4.69) is 0 Å². The Bertz CT molecular complexity index is 977. The second-order valence-corrected chi connectivity index (χ2v) is 8.14. The van der Waals surface area contributed by atoms with Crippen LogP contribution >= 0.6 is 11.6 Å². The first-order valence-corrected chi connectivity index (χ1v) is 9.80. The second-order valence-electron chi connectivity index (χ2n) is 7.71. The molecule has 6 heteroatoms. The summed E-state index contributed by atoms with van der Waals surface area (Å²) in [5.74, 6) is 0.343. The molecule has 2 aliphatic rings. The van der Waals surface area contributed by atoms with E-state index in [1.165, 1.54) is 6.08 Å². The number of ether oxygens (including phenoxy) is 3. The van der Waals surface area contributed by atoms with Crippen LogP contribution in [0.15, 0.2) is 60.2 Å². The van der Waals surface area contributed by atoms with Crippen molar-refractivity contribution in [2.75, 3.05) is 13.2 Å². The molecule has 0 spiro atoms. The fraction of sp³-hybridized carbons (Fsp3) is 0.304. The number of rotatable bonds is 5. The molecule has 0 bridgehead atoms. The summed E-state index contributed by atoms with van der Waals surface area (Å²) in [7, 11) is 0. The van der Waals surface area contributed by atoms with Gasteiger partial charge in [0.15, 0.2) is 17.9 Å². The fourth-order valence-electron chi connectivity index (χ4n) is 3.55. The zero-order valence-electron chi connectivity index (χ0n) is 16.2. The Morgan fingerprint density at radius 2 is 1.76 bits per heavy atom. The number of fused-ring (bicyclic) bond motifs is 1. The molecule has 4 rings (SSSR count). The molecule has 0 radical (unpaired) electrons. The molecule has 1 heterocycles. The number of allylic oxidation sites excluding steroid dienone is 1. The summed E-state index contributed by atoms with van der Waals surface area (Å²) in [5.41, 5.74) is 0.448. The standard InChI is InChI=1S/C23H21ClO5/c1-23(2,19-11-20(25)17-5-3-4-6-18(17)21(19)26)22-28-13-16(29-22)12-27-15-9-7-14(24)8-10-15/h3-11,16,22H,12-13H2,1-2H3/t16-,22-/m0/s1. The van der Waals surface area contributed by atoms with E-state index in [4.69, 9.17) is 25.8 Å². The molecule has 1 aliphatic heterocycles. The molecule has 150 valence electrons. The fourth-order valence-corrected chi connectivity index (χ4v) is 3.68. The van der Waals surface area contributed by atoms with E-state index in [1.54, 1.807) is 48.5 Å². The maximum Gasteiger partial charge on any atom is 0.190 e. The minimum absolute atomic E-state index is 0.168. The van der Waals surface area contributed by atoms with E-state index in [9.17, 15) is 9.59 Å². The van der Waals surface area contributed by atoms with E-state index in [0.29, 0.717) is 40.7 Å². The number of ketones is 2. The van der Waals surface area contributed by atoms with Gasteiger partial charge in [-0.15, -0.1) is 0 Å². The third kappa shape index (κ3) is 3.86. The molecule has 0 saturated carbocycles. The number of benzene rings is 2. The molecule has 0 N–H and O–H groups in total. The van der Waals surface area contributed by atoms with Gasteiger partial charge in [0.2, 0.25) is 0 Å². The molecule has 29 heavy (non-hydrogen) atoms. The van der Waals surface area contributed by atoms with Gasteiger partial charge in [0.1, 0.15) is 18.5 Å². The average Bonchev–Trinajstić information content (AvgIpc) is 3.20. The first-order valence-electron chi connectivity index (χ1n) is 9.42. The third-order valence-corrected chi connectivity index (χ3v) is 5.49. The van der Waals surface area contributed by atoms with Gasteiger partial charge in [-0.3, -0.25) is 9.59 Å². The van der Waals surface area contributed by atoms with Gasteiger partial charge in [-0.05, 0) is 30.3 Å². The molecular weight excluding hydrogens is 392 g/mol. The van der Waals surface area contributed by atoms with Crippen LogP contribution in [0.1, 0.15) is 34.6 Å². The van der Waals surface area contributed by atoms with Crippen LogP contribution in [0.3, 0.4) is 0 Å². The summed E-state index contributed by atoms with van der Waals surface area (Å²) < 4.78 is 17.6. The van der Waals surface area contributed by atoms with E-state index >= 15 is 0 Å². The lowest BCUT2D eigenvalue weighted by atomic mass is 9.75. The lowest BCUT2D eigenvalue weighted by Crippen LogP contribution is -2.38. The van der Waals surface area contributed by atoms with Gasteiger partial charge in [-0.2, -0.15) is 0 Å². The SMILES string of the molecule is CC(C)(C1=CC(=O)c2ccccc2C1=O)[C@H]1OC[C@H](COc2ccc(Cl)cc2)O1. The van der Waals surface area contributed by atoms with Crippen LogP contribution in [-0.4, -0.2) is 37.2 Å². The second kappa shape index (κ2) is 7.75. The van der Waals surface area contributed by atoms with E-state index in [-0.39, 0.29) is 17.7 Å². The van der Waals surface area contributed by atoms with Gasteiger partial charge in [-0.1, -0.05) is 49.7 Å². The predicted octanol–water partition coefficient (Wildman–Crippen LogP) is 4.49. The molecule has 1 aliphatic carbocycles. The van der Waals surface area contributed by atoms with Crippen LogP contribution in [0.4, 0.5) is 0 Å². The van der Waals surface area contributed by atoms with Crippen molar-refractivity contribution in [2.45, 2.75) is 26.2 Å². The summed E-state index contributed by atoms with van der Waals surface area (Å²) in [6.07, 6.45) is 0.473. The van der Waals surface area contributed by atoms with Crippen LogP contribution < -0.4 is 4.74 Å². The van der Waals surface area contributed by atoms with Crippen LogP contribution in [-0.2, 0) is 9.47 Å². The van der Waals surface area contributed by atoms with E-state index < -0.39 is 11.7 Å². The summed E-state index contributed by atoms with van der Waals surface area (Å²) in [4.78, 5) is 25.5. The highest BCUT2D eigenvalue weighted by molar-refractivity contribution is 6.30. The number of hydrogen-bond donors (Lipinski definition) is 0. The molecule has 5 nitrogen and oxygen atoms in total. The van der Waals surface area contributed by atoms with Crippen LogP contribution in [0.2, 0.25) is 5.02 Å². The van der Waals surface area contributed by atoms with Gasteiger partial charge in [0, 0.05) is 27.1 Å². The molecule has 2 aromatic rings. The number of hydrogen-bond acceptors (Lipinski definition) is 5. The highest BCUT2D eigenvalue weighted by Gasteiger charge is 2.45. The minimum Gasteiger partial charge on any atom is -0.491 e. The van der Waals surface area contributed by atoms with Crippen molar-refractivity contribution in [1.82, 2.24) is 0 Å². The Morgan fingerprint density at radius 1 is 1.07 bits per heavy atom. The van der Waals surface area contributed by atoms with Crippen molar-refractivity contribution in [3.05, 3.63) is 76.3 Å². The first-order chi connectivity index (χ1) is 13.9. The Kier molecular flexibility index (Phi) is 5.30. The van der Waals surface area contributed by atoms with Crippen molar-refractivity contribution >= 4 is 23.2 Å². The van der Waals surface area contributed by atoms with Gasteiger partial charge in [0.25, 0.3) is 0 Å². The number of halogens is 1. The summed E-state index contributed by atoms with van der Waals surface area (Å²) in [6, 6.07) is 13.9. The summed E-state index contributed by atoms with van der Waals surface area (Å²) in [6.45, 7) is 4.35. The van der Waals surface area contributed by atoms with Crippen molar-refractivity contribution < 1.29 is 23.8 Å². The first kappa shape index (κ1) is 19.8. The average molecular weight is 413 g/mol. The third-order valence-electron chi connectivity index (χ3n) is 5.24. The number of carbonyl (C=O) groups excluding carboxylic acids is 2. The maximum atomic E-state index is 13.0. The largest absolute Gasteiger partial charge is 0.491 e. The quantitative estimate of drug-likeness (QED) is 0.724. The lowest BCUT2D eigenvalue weighted by molar-refractivity contribution is -0.120. The van der Waals surface area contributed by atoms with E-state index in [0.717, 1.165) is 0 Å². The van der Waals surface area contributed by atoms with Gasteiger partial charge in [-0.25, -0.2) is 0 Å². The molecule has 0 unspecified atom stereocenters. The molecule has 2 atom stereocenters. The summed E-state index contributed by atoms with van der Waals surface area (Å²) in [5, 5.41) is 0.640. The van der Waals surface area contributed by atoms with Crippen molar-refractivity contribution in [3.8, 4) is 5.75 Å². The topological polar surface area (TPSA) is 61.8 Å². The van der Waals surface area contributed by atoms with Gasteiger partial charge in [0.05, 0.1) is 6.61 Å². The Balaban J connectivity index is 1.45. The Morgan fingerprint density at radius 3 is 2.48 bits per heavy atom. The van der Waals surface area contributed by atoms with Crippen LogP contribution in [0, 0.1) is 5.41 Å². The normalized spacial score (nSPS) is 21.7. The van der Waals surface area contributed by atoms with Crippen LogP contribution in [0.25, 0.3) is 0 Å². The molecule has 0 aromatic heterocycles. The van der Waals surface area contributed by atoms with Crippen molar-refractivity contribution in [3.63, 3.8) is 0 Å². The lowest BCUT2D eigenvalue weighted by Gasteiger charge is -2.33. The molecule has 2 aromatic carbocycles. The smallest absolute Gasteiger partial charge is 0.190 e. The highest BCUT2D eigenvalue weighted by Crippen LogP contribution is 2.40.